The van der Waals surface area contributed by atoms with Crippen molar-refractivity contribution in [1.29, 1.82) is 0 Å². The summed E-state index contributed by atoms with van der Waals surface area (Å²) < 4.78 is 7.41. The largest absolute Gasteiger partial charge is 0.420 e. The number of carbonyl (C=O) groups excluding carboxylic acids is 1. The van der Waals surface area contributed by atoms with Crippen molar-refractivity contribution >= 4 is 40.1 Å². The van der Waals surface area contributed by atoms with Crippen molar-refractivity contribution < 1.29 is 9.21 Å². The van der Waals surface area contributed by atoms with Gasteiger partial charge in [0.2, 0.25) is 5.91 Å². The van der Waals surface area contributed by atoms with E-state index in [0.29, 0.717) is 23.4 Å². The zero-order chi connectivity index (χ0) is 17.1. The topological polar surface area (TPSA) is 90.0 Å². The van der Waals surface area contributed by atoms with Gasteiger partial charge in [-0.25, -0.2) is 4.79 Å². The summed E-state index contributed by atoms with van der Waals surface area (Å²) in [6, 6.07) is 6.41. The molecule has 24 heavy (non-hydrogen) atoms. The van der Waals surface area contributed by atoms with Crippen molar-refractivity contribution in [2.45, 2.75) is 24.2 Å². The minimum Gasteiger partial charge on any atom is -0.408 e. The Morgan fingerprint density at radius 3 is 2.96 bits per heavy atom. The smallest absolute Gasteiger partial charge is 0.408 e. The molecule has 1 N–H and O–H groups in total. The predicted molar refractivity (Wildman–Crippen MR) is 93.6 cm³/mol. The van der Waals surface area contributed by atoms with Crippen LogP contribution in [0.15, 0.2) is 37.8 Å². The van der Waals surface area contributed by atoms with Gasteiger partial charge in [0, 0.05) is 12.3 Å². The molecule has 0 radical (unpaired) electrons. The molecular formula is C15H16N4O3S2. The quantitative estimate of drug-likeness (QED) is 0.533. The van der Waals surface area contributed by atoms with Gasteiger partial charge in [0.05, 0.1) is 5.52 Å². The molecule has 0 saturated carbocycles. The molecule has 0 aliphatic carbocycles. The van der Waals surface area contributed by atoms with Crippen LogP contribution in [0.4, 0.5) is 0 Å². The third-order valence-electron chi connectivity index (χ3n) is 3.42. The number of nitrogens with one attached hydrogen (secondary N) is 1. The molecule has 0 fully saturated rings. The predicted octanol–water partition coefficient (Wildman–Crippen LogP) is 2.22. The lowest BCUT2D eigenvalue weighted by atomic mass is 10.2. The number of thioether (sulfide) groups is 1. The Labute approximate surface area is 146 Å². The molecule has 1 unspecified atom stereocenters. The maximum absolute atomic E-state index is 12.3. The maximum Gasteiger partial charge on any atom is 0.420 e. The van der Waals surface area contributed by atoms with Gasteiger partial charge in [0.25, 0.3) is 0 Å². The average Bonchev–Trinajstić information content (AvgIpc) is 3.12. The Morgan fingerprint density at radius 1 is 1.42 bits per heavy atom. The van der Waals surface area contributed by atoms with E-state index in [1.165, 1.54) is 15.9 Å². The third kappa shape index (κ3) is 3.51. The van der Waals surface area contributed by atoms with Gasteiger partial charge in [-0.15, -0.1) is 10.2 Å². The number of benzene rings is 1. The van der Waals surface area contributed by atoms with Gasteiger partial charge in [-0.3, -0.25) is 9.36 Å². The van der Waals surface area contributed by atoms with E-state index in [1.807, 2.05) is 6.92 Å². The molecule has 9 heteroatoms. The van der Waals surface area contributed by atoms with Crippen LogP contribution >= 0.6 is 23.1 Å². The first-order chi connectivity index (χ1) is 11.6. The molecule has 0 aliphatic heterocycles. The number of hydrogen-bond donors (Lipinski definition) is 1. The highest BCUT2D eigenvalue weighted by Gasteiger charge is 2.20. The standard InChI is InChI=1S/C15H16N4O3S2/c1-9(19-11-5-3-4-6-12(11)22-15(19)21)13(20)16-7-8-23-14-18-17-10(2)24-14/h3-6,9H,7-8H2,1-2H3,(H,16,20). The molecule has 7 nitrogen and oxygen atoms in total. The van der Waals surface area contributed by atoms with Crippen LogP contribution in [0.2, 0.25) is 0 Å². The minimum atomic E-state index is -0.644. The Kier molecular flexibility index (Phi) is 5.00. The summed E-state index contributed by atoms with van der Waals surface area (Å²) in [6.07, 6.45) is 0. The summed E-state index contributed by atoms with van der Waals surface area (Å²) in [5.41, 5.74) is 1.09. The third-order valence-corrected chi connectivity index (χ3v) is 5.39. The van der Waals surface area contributed by atoms with Gasteiger partial charge in [-0.2, -0.15) is 0 Å². The second kappa shape index (κ2) is 7.18. The van der Waals surface area contributed by atoms with Crippen LogP contribution in [0.1, 0.15) is 18.0 Å². The van der Waals surface area contributed by atoms with Crippen LogP contribution in [-0.4, -0.2) is 33.0 Å². The molecule has 1 amide bonds. The van der Waals surface area contributed by atoms with E-state index in [4.69, 9.17) is 4.42 Å². The molecular weight excluding hydrogens is 348 g/mol. The summed E-state index contributed by atoms with van der Waals surface area (Å²) in [5.74, 6) is -0.0658. The number of oxazole rings is 1. The first-order valence-electron chi connectivity index (χ1n) is 7.37. The fraction of sp³-hybridized carbons (Fsp3) is 0.333. The number of para-hydroxylation sites is 2. The molecule has 3 aromatic rings. The monoisotopic (exact) mass is 364 g/mol. The lowest BCUT2D eigenvalue weighted by Crippen LogP contribution is -2.35. The van der Waals surface area contributed by atoms with Crippen LogP contribution in [-0.2, 0) is 4.79 Å². The van der Waals surface area contributed by atoms with Crippen molar-refractivity contribution in [2.75, 3.05) is 12.3 Å². The summed E-state index contributed by atoms with van der Waals surface area (Å²) in [5, 5.41) is 11.7. The van der Waals surface area contributed by atoms with E-state index in [1.54, 1.807) is 43.0 Å². The zero-order valence-electron chi connectivity index (χ0n) is 13.2. The Morgan fingerprint density at radius 2 is 2.21 bits per heavy atom. The number of amides is 1. The van der Waals surface area contributed by atoms with E-state index in [-0.39, 0.29) is 5.91 Å². The van der Waals surface area contributed by atoms with E-state index in [9.17, 15) is 9.59 Å². The van der Waals surface area contributed by atoms with Crippen molar-refractivity contribution in [2.24, 2.45) is 0 Å². The number of nitrogens with zero attached hydrogens (tertiary/aromatic N) is 3. The van der Waals surface area contributed by atoms with Crippen LogP contribution in [0.5, 0.6) is 0 Å². The summed E-state index contributed by atoms with van der Waals surface area (Å²) in [7, 11) is 0. The van der Waals surface area contributed by atoms with Crippen molar-refractivity contribution in [1.82, 2.24) is 20.1 Å². The number of aromatic nitrogens is 3. The molecule has 2 heterocycles. The second-order valence-electron chi connectivity index (χ2n) is 5.11. The lowest BCUT2D eigenvalue weighted by molar-refractivity contribution is -0.123. The van der Waals surface area contributed by atoms with Crippen LogP contribution in [0.3, 0.4) is 0 Å². The van der Waals surface area contributed by atoms with Gasteiger partial charge in [-0.1, -0.05) is 35.2 Å². The molecule has 1 atom stereocenters. The molecule has 0 saturated heterocycles. The first-order valence-corrected chi connectivity index (χ1v) is 9.17. The Bertz CT molecular complexity index is 915. The Balaban J connectivity index is 1.60. The number of aryl methyl sites for hydroxylation is 1. The van der Waals surface area contributed by atoms with Gasteiger partial charge in [-0.05, 0) is 26.0 Å². The summed E-state index contributed by atoms with van der Waals surface area (Å²) in [4.78, 5) is 24.3. The van der Waals surface area contributed by atoms with Gasteiger partial charge in [0.15, 0.2) is 9.92 Å². The summed E-state index contributed by atoms with van der Waals surface area (Å²) in [6.45, 7) is 4.06. The van der Waals surface area contributed by atoms with Gasteiger partial charge >= 0.3 is 5.76 Å². The summed E-state index contributed by atoms with van der Waals surface area (Å²) >= 11 is 3.07. The Hall–Kier alpha value is -2.13. The normalized spacial score (nSPS) is 12.4. The fourth-order valence-electron chi connectivity index (χ4n) is 2.27. The number of rotatable bonds is 6. The fourth-order valence-corrected chi connectivity index (χ4v) is 4.01. The van der Waals surface area contributed by atoms with Crippen LogP contribution in [0, 0.1) is 6.92 Å². The highest BCUT2D eigenvalue weighted by molar-refractivity contribution is 8.01. The molecule has 3 rings (SSSR count). The molecule has 0 aliphatic rings. The van der Waals surface area contributed by atoms with Crippen LogP contribution in [0.25, 0.3) is 11.1 Å². The highest BCUT2D eigenvalue weighted by atomic mass is 32.2. The molecule has 1 aromatic carbocycles. The zero-order valence-corrected chi connectivity index (χ0v) is 14.8. The second-order valence-corrected chi connectivity index (χ2v) is 7.63. The minimum absolute atomic E-state index is 0.224. The molecule has 0 spiro atoms. The van der Waals surface area contributed by atoms with Gasteiger partial charge < -0.3 is 9.73 Å². The van der Waals surface area contributed by atoms with Crippen molar-refractivity contribution in [3.8, 4) is 0 Å². The highest BCUT2D eigenvalue weighted by Crippen LogP contribution is 2.21. The van der Waals surface area contributed by atoms with E-state index in [2.05, 4.69) is 15.5 Å². The van der Waals surface area contributed by atoms with E-state index >= 15 is 0 Å². The molecule has 0 bridgehead atoms. The molecule has 126 valence electrons. The van der Waals surface area contributed by atoms with Crippen molar-refractivity contribution in [3.05, 3.63) is 39.8 Å². The van der Waals surface area contributed by atoms with Gasteiger partial charge in [0.1, 0.15) is 11.0 Å². The van der Waals surface area contributed by atoms with Crippen LogP contribution < -0.4 is 11.1 Å². The molecule has 2 aromatic heterocycles. The number of fused-ring (bicyclic) bond motifs is 1. The van der Waals surface area contributed by atoms with Crippen molar-refractivity contribution in [3.63, 3.8) is 0 Å². The lowest BCUT2D eigenvalue weighted by Gasteiger charge is -2.12. The van der Waals surface area contributed by atoms with E-state index < -0.39 is 11.8 Å². The number of hydrogen-bond acceptors (Lipinski definition) is 7. The number of carbonyl (C=O) groups is 1. The average molecular weight is 364 g/mol. The van der Waals surface area contributed by atoms with E-state index in [0.717, 1.165) is 9.35 Å². The first kappa shape index (κ1) is 16.7. The maximum atomic E-state index is 12.3. The SMILES string of the molecule is Cc1nnc(SCCNC(=O)C(C)n2c(=O)oc3ccccc32)s1.